The van der Waals surface area contributed by atoms with Crippen LogP contribution in [-0.2, 0) is 4.74 Å². The lowest BCUT2D eigenvalue weighted by Crippen LogP contribution is -2.26. The Kier molecular flexibility index (Phi) is 4.65. The van der Waals surface area contributed by atoms with Crippen molar-refractivity contribution in [2.45, 2.75) is 39.2 Å². The van der Waals surface area contributed by atoms with Crippen molar-refractivity contribution in [1.82, 2.24) is 0 Å². The minimum Gasteiger partial charge on any atom is -0.387 e. The van der Waals surface area contributed by atoms with Gasteiger partial charge in [-0.15, -0.1) is 0 Å². The van der Waals surface area contributed by atoms with Crippen LogP contribution in [0.1, 0.15) is 33.6 Å². The quantitative estimate of drug-likeness (QED) is 0.608. The van der Waals surface area contributed by atoms with Crippen molar-refractivity contribution in [1.29, 1.82) is 0 Å². The van der Waals surface area contributed by atoms with E-state index in [2.05, 4.69) is 0 Å². The third kappa shape index (κ3) is 2.67. The summed E-state index contributed by atoms with van der Waals surface area (Å²) in [4.78, 5) is 0. The highest BCUT2D eigenvalue weighted by atomic mass is 16.5. The van der Waals surface area contributed by atoms with Gasteiger partial charge in [0.25, 0.3) is 0 Å². The largest absolute Gasteiger partial charge is 0.387 e. The van der Waals surface area contributed by atoms with Gasteiger partial charge in [-0.1, -0.05) is 20.8 Å². The van der Waals surface area contributed by atoms with E-state index in [1.807, 2.05) is 20.8 Å². The summed E-state index contributed by atoms with van der Waals surface area (Å²) in [6, 6.07) is 0. The summed E-state index contributed by atoms with van der Waals surface area (Å²) in [6.45, 7) is 7.24. The van der Waals surface area contributed by atoms with Gasteiger partial charge in [0.2, 0.25) is 0 Å². The molecule has 0 aliphatic carbocycles. The molecule has 1 N–H and O–H groups in total. The molecule has 0 saturated carbocycles. The molecular weight excluding hydrogens is 128 g/mol. The minimum absolute atomic E-state index is 0.486. The topological polar surface area (TPSA) is 29.5 Å². The molecular formula is C8H18O2. The van der Waals surface area contributed by atoms with Crippen LogP contribution in [-0.4, -0.2) is 23.9 Å². The Morgan fingerprint density at radius 1 is 1.50 bits per heavy atom. The van der Waals surface area contributed by atoms with Crippen molar-refractivity contribution in [3.8, 4) is 0 Å². The highest BCUT2D eigenvalue weighted by Crippen LogP contribution is 2.20. The lowest BCUT2D eigenvalue weighted by Gasteiger charge is -2.16. The monoisotopic (exact) mass is 146 g/mol. The average Bonchev–Trinajstić information content (AvgIpc) is 2.42. The smallest absolute Gasteiger partial charge is 0.0899 e. The van der Waals surface area contributed by atoms with Crippen LogP contribution in [0.25, 0.3) is 0 Å². The Balaban J connectivity index is 0.000000371. The van der Waals surface area contributed by atoms with E-state index >= 15 is 0 Å². The van der Waals surface area contributed by atoms with Crippen molar-refractivity contribution in [3.63, 3.8) is 0 Å². The van der Waals surface area contributed by atoms with Crippen LogP contribution in [0.15, 0.2) is 0 Å². The molecule has 0 amide bonds. The van der Waals surface area contributed by atoms with Crippen molar-refractivity contribution < 1.29 is 9.84 Å². The second-order valence-electron chi connectivity index (χ2n) is 2.38. The summed E-state index contributed by atoms with van der Waals surface area (Å²) < 4.78 is 5.00. The molecule has 1 unspecified atom stereocenters. The van der Waals surface area contributed by atoms with Crippen molar-refractivity contribution in [2.24, 2.45) is 0 Å². The highest BCUT2D eigenvalue weighted by Gasteiger charge is 2.29. The summed E-state index contributed by atoms with van der Waals surface area (Å²) in [7, 11) is 0. The predicted octanol–water partition coefficient (Wildman–Crippen LogP) is 1.57. The van der Waals surface area contributed by atoms with Crippen LogP contribution in [0.4, 0.5) is 0 Å². The zero-order valence-electron chi connectivity index (χ0n) is 7.18. The van der Waals surface area contributed by atoms with Gasteiger partial charge in [-0.2, -0.15) is 0 Å². The van der Waals surface area contributed by atoms with Gasteiger partial charge in [-0.3, -0.25) is 0 Å². The highest BCUT2D eigenvalue weighted by molar-refractivity contribution is 4.80. The molecule has 2 nitrogen and oxygen atoms in total. The van der Waals surface area contributed by atoms with E-state index in [1.165, 1.54) is 0 Å². The predicted molar refractivity (Wildman–Crippen MR) is 42.0 cm³/mol. The maximum absolute atomic E-state index is 9.38. The fourth-order valence-corrected chi connectivity index (χ4v) is 0.875. The lowest BCUT2D eigenvalue weighted by atomic mass is 10.0. The lowest BCUT2D eigenvalue weighted by molar-refractivity contribution is 0.0235. The van der Waals surface area contributed by atoms with Crippen molar-refractivity contribution in [2.75, 3.05) is 13.2 Å². The SMILES string of the molecule is CC.CCC1(O)CCOC1. The second kappa shape index (κ2) is 4.69. The molecule has 1 atom stereocenters. The van der Waals surface area contributed by atoms with E-state index < -0.39 is 5.60 Å². The molecule has 0 bridgehead atoms. The van der Waals surface area contributed by atoms with E-state index in [0.717, 1.165) is 19.4 Å². The molecule has 10 heavy (non-hydrogen) atoms. The van der Waals surface area contributed by atoms with Crippen molar-refractivity contribution >= 4 is 0 Å². The van der Waals surface area contributed by atoms with Gasteiger partial charge in [-0.25, -0.2) is 0 Å². The normalized spacial score (nSPS) is 31.2. The number of hydrogen-bond acceptors (Lipinski definition) is 2. The van der Waals surface area contributed by atoms with Gasteiger partial charge in [0, 0.05) is 13.0 Å². The molecule has 1 fully saturated rings. The molecule has 1 heterocycles. The molecule has 0 aromatic carbocycles. The van der Waals surface area contributed by atoms with E-state index in [4.69, 9.17) is 4.74 Å². The van der Waals surface area contributed by atoms with Gasteiger partial charge >= 0.3 is 0 Å². The molecule has 0 radical (unpaired) electrons. The maximum Gasteiger partial charge on any atom is 0.0899 e. The Hall–Kier alpha value is -0.0800. The van der Waals surface area contributed by atoms with Gasteiger partial charge in [0.05, 0.1) is 12.2 Å². The third-order valence-electron chi connectivity index (χ3n) is 1.74. The van der Waals surface area contributed by atoms with Crippen LogP contribution >= 0.6 is 0 Å². The van der Waals surface area contributed by atoms with Gasteiger partial charge < -0.3 is 9.84 Å². The maximum atomic E-state index is 9.38. The molecule has 1 rings (SSSR count). The van der Waals surface area contributed by atoms with Crippen molar-refractivity contribution in [3.05, 3.63) is 0 Å². The van der Waals surface area contributed by atoms with E-state index in [0.29, 0.717) is 6.61 Å². The first-order valence-electron chi connectivity index (χ1n) is 4.07. The summed E-state index contributed by atoms with van der Waals surface area (Å²) in [5, 5.41) is 9.38. The van der Waals surface area contributed by atoms with Crippen LogP contribution in [0.2, 0.25) is 0 Å². The number of hydrogen-bond donors (Lipinski definition) is 1. The number of aliphatic hydroxyl groups is 1. The molecule has 2 heteroatoms. The molecule has 1 aliphatic rings. The first-order valence-corrected chi connectivity index (χ1v) is 4.07. The van der Waals surface area contributed by atoms with Crippen LogP contribution < -0.4 is 0 Å². The zero-order valence-corrected chi connectivity index (χ0v) is 7.18. The zero-order chi connectivity index (χ0) is 8.04. The van der Waals surface area contributed by atoms with Crippen LogP contribution in [0.3, 0.4) is 0 Å². The van der Waals surface area contributed by atoms with Gasteiger partial charge in [0.1, 0.15) is 0 Å². The Bertz CT molecular complexity index is 75.3. The summed E-state index contributed by atoms with van der Waals surface area (Å²) in [5.41, 5.74) is -0.486. The molecule has 1 aliphatic heterocycles. The minimum atomic E-state index is -0.486. The number of ether oxygens (including phenoxy) is 1. The molecule has 0 aromatic heterocycles. The standard InChI is InChI=1S/C6H12O2.C2H6/c1-2-6(7)3-4-8-5-6;1-2/h7H,2-5H2,1H3;1-2H3. The second-order valence-corrected chi connectivity index (χ2v) is 2.38. The average molecular weight is 146 g/mol. The molecule has 62 valence electrons. The van der Waals surface area contributed by atoms with Crippen LogP contribution in [0, 0.1) is 0 Å². The van der Waals surface area contributed by atoms with E-state index in [1.54, 1.807) is 0 Å². The first-order chi connectivity index (χ1) is 4.77. The van der Waals surface area contributed by atoms with E-state index in [9.17, 15) is 5.11 Å². The summed E-state index contributed by atoms with van der Waals surface area (Å²) >= 11 is 0. The Labute approximate surface area is 63.2 Å². The van der Waals surface area contributed by atoms with E-state index in [-0.39, 0.29) is 0 Å². The molecule has 0 aromatic rings. The molecule has 0 spiro atoms. The molecule has 1 saturated heterocycles. The Morgan fingerprint density at radius 3 is 2.30 bits per heavy atom. The Morgan fingerprint density at radius 2 is 2.10 bits per heavy atom. The van der Waals surface area contributed by atoms with Gasteiger partial charge in [0.15, 0.2) is 0 Å². The fourth-order valence-electron chi connectivity index (χ4n) is 0.875. The fraction of sp³-hybridized carbons (Fsp3) is 1.00. The summed E-state index contributed by atoms with van der Waals surface area (Å²) in [5.74, 6) is 0. The third-order valence-corrected chi connectivity index (χ3v) is 1.74. The van der Waals surface area contributed by atoms with Crippen LogP contribution in [0.5, 0.6) is 0 Å². The first kappa shape index (κ1) is 9.92. The summed E-state index contributed by atoms with van der Waals surface area (Å²) in [6.07, 6.45) is 1.62. The number of rotatable bonds is 1. The van der Waals surface area contributed by atoms with Gasteiger partial charge in [-0.05, 0) is 6.42 Å².